The van der Waals surface area contributed by atoms with E-state index in [4.69, 9.17) is 16.3 Å². The van der Waals surface area contributed by atoms with Crippen LogP contribution in [-0.4, -0.2) is 32.8 Å². The maximum atomic E-state index is 6.08. The smallest absolute Gasteiger partial charge is 0.0597 e. The molecule has 1 aromatic rings. The van der Waals surface area contributed by atoms with Gasteiger partial charge in [-0.3, -0.25) is 0 Å². The second kappa shape index (κ2) is 5.81. The maximum absolute atomic E-state index is 6.08. The van der Waals surface area contributed by atoms with Gasteiger partial charge in [0, 0.05) is 31.8 Å². The van der Waals surface area contributed by atoms with Crippen molar-refractivity contribution >= 4 is 23.0 Å². The van der Waals surface area contributed by atoms with E-state index in [1.165, 1.54) is 5.69 Å². The van der Waals surface area contributed by atoms with Crippen LogP contribution in [-0.2, 0) is 4.74 Å². The minimum atomic E-state index is 0.332. The van der Waals surface area contributed by atoms with E-state index in [2.05, 4.69) is 17.1 Å². The summed E-state index contributed by atoms with van der Waals surface area (Å²) in [6, 6.07) is 6.44. The molecule has 0 bridgehead atoms. The van der Waals surface area contributed by atoms with Gasteiger partial charge in [-0.2, -0.15) is 0 Å². The van der Waals surface area contributed by atoms with Crippen molar-refractivity contribution in [2.75, 3.05) is 30.9 Å². The summed E-state index contributed by atoms with van der Waals surface area (Å²) in [5.74, 6) is 0. The Morgan fingerprint density at radius 2 is 2.17 bits per heavy atom. The van der Waals surface area contributed by atoms with Crippen molar-refractivity contribution < 1.29 is 4.74 Å². The first-order valence-corrected chi connectivity index (χ1v) is 6.79. The molecule has 4 heteroatoms. The Morgan fingerprint density at radius 1 is 1.39 bits per heavy atom. The molecule has 2 unspecified atom stereocenters. The van der Waals surface area contributed by atoms with Gasteiger partial charge >= 0.3 is 0 Å². The van der Waals surface area contributed by atoms with E-state index in [1.54, 1.807) is 0 Å². The second-order valence-corrected chi connectivity index (χ2v) is 5.54. The molecular formula is C14H21ClN2O. The van der Waals surface area contributed by atoms with Crippen LogP contribution < -0.4 is 10.2 Å². The lowest BCUT2D eigenvalue weighted by Gasteiger charge is -2.30. The number of hydrogen-bond donors (Lipinski definition) is 1. The zero-order valence-electron chi connectivity index (χ0n) is 11.2. The van der Waals surface area contributed by atoms with E-state index in [9.17, 15) is 0 Å². The van der Waals surface area contributed by atoms with Gasteiger partial charge in [0.1, 0.15) is 0 Å². The Balaban J connectivity index is 2.14. The summed E-state index contributed by atoms with van der Waals surface area (Å²) in [5, 5.41) is 4.36. The van der Waals surface area contributed by atoms with Crippen LogP contribution in [0.5, 0.6) is 0 Å². The lowest BCUT2D eigenvalue weighted by atomic mass is 10.0. The highest BCUT2D eigenvalue weighted by molar-refractivity contribution is 6.31. The number of rotatable bonds is 3. The normalized spacial score (nSPS) is 23.8. The first-order valence-electron chi connectivity index (χ1n) is 6.41. The first kappa shape index (κ1) is 13.5. The fourth-order valence-corrected chi connectivity index (χ4v) is 2.54. The van der Waals surface area contributed by atoms with Crippen LogP contribution in [0.2, 0.25) is 5.02 Å². The van der Waals surface area contributed by atoms with Gasteiger partial charge in [-0.1, -0.05) is 11.6 Å². The van der Waals surface area contributed by atoms with E-state index in [-0.39, 0.29) is 0 Å². The van der Waals surface area contributed by atoms with Crippen LogP contribution in [0, 0.1) is 0 Å². The summed E-state index contributed by atoms with van der Waals surface area (Å²) in [4.78, 5) is 2.10. The van der Waals surface area contributed by atoms with Gasteiger partial charge in [0.05, 0.1) is 17.5 Å². The topological polar surface area (TPSA) is 24.5 Å². The number of nitrogens with one attached hydrogen (secondary N) is 1. The SMILES string of the molecule is CC1CC(Nc2cc(Cl)ccc2N(C)C)CCO1. The molecule has 3 nitrogen and oxygen atoms in total. The minimum absolute atomic E-state index is 0.332. The summed E-state index contributed by atoms with van der Waals surface area (Å²) in [5.41, 5.74) is 2.27. The van der Waals surface area contributed by atoms with Gasteiger partial charge < -0.3 is 15.0 Å². The molecule has 100 valence electrons. The first-order chi connectivity index (χ1) is 8.56. The van der Waals surface area contributed by atoms with Crippen LogP contribution in [0.15, 0.2) is 18.2 Å². The number of ether oxygens (including phenoxy) is 1. The molecule has 2 rings (SSSR count). The lowest BCUT2D eigenvalue weighted by molar-refractivity contribution is 0.0232. The van der Waals surface area contributed by atoms with E-state index in [0.29, 0.717) is 12.1 Å². The molecule has 0 amide bonds. The Morgan fingerprint density at radius 3 is 2.83 bits per heavy atom. The molecule has 1 aliphatic heterocycles. The van der Waals surface area contributed by atoms with E-state index in [0.717, 1.165) is 30.2 Å². The van der Waals surface area contributed by atoms with Crippen molar-refractivity contribution in [1.82, 2.24) is 0 Å². The molecule has 1 saturated heterocycles. The van der Waals surface area contributed by atoms with Gasteiger partial charge in [0.2, 0.25) is 0 Å². The van der Waals surface area contributed by atoms with Gasteiger partial charge in [0.15, 0.2) is 0 Å². The highest BCUT2D eigenvalue weighted by atomic mass is 35.5. The zero-order chi connectivity index (χ0) is 13.1. The summed E-state index contributed by atoms with van der Waals surface area (Å²) in [6.45, 7) is 2.95. The molecule has 2 atom stereocenters. The average molecular weight is 269 g/mol. The summed E-state index contributed by atoms with van der Waals surface area (Å²) in [6.07, 6.45) is 2.42. The molecule has 0 saturated carbocycles. The van der Waals surface area contributed by atoms with Crippen molar-refractivity contribution in [3.05, 3.63) is 23.2 Å². The van der Waals surface area contributed by atoms with Crippen molar-refractivity contribution in [3.8, 4) is 0 Å². The number of nitrogens with zero attached hydrogens (tertiary/aromatic N) is 1. The quantitative estimate of drug-likeness (QED) is 0.910. The minimum Gasteiger partial charge on any atom is -0.380 e. The Kier molecular flexibility index (Phi) is 4.36. The van der Waals surface area contributed by atoms with Crippen molar-refractivity contribution in [2.45, 2.75) is 31.9 Å². The molecule has 1 heterocycles. The molecule has 0 spiro atoms. The Labute approximate surface area is 114 Å². The van der Waals surface area contributed by atoms with Crippen molar-refractivity contribution in [1.29, 1.82) is 0 Å². The monoisotopic (exact) mass is 268 g/mol. The van der Waals surface area contributed by atoms with E-state index >= 15 is 0 Å². The van der Waals surface area contributed by atoms with E-state index < -0.39 is 0 Å². The van der Waals surface area contributed by atoms with Gasteiger partial charge in [-0.25, -0.2) is 0 Å². The van der Waals surface area contributed by atoms with E-state index in [1.807, 2.05) is 32.3 Å². The van der Waals surface area contributed by atoms with Crippen LogP contribution >= 0.6 is 11.6 Å². The maximum Gasteiger partial charge on any atom is 0.0597 e. The molecule has 0 radical (unpaired) electrons. The molecular weight excluding hydrogens is 248 g/mol. The Hall–Kier alpha value is -0.930. The van der Waals surface area contributed by atoms with Crippen molar-refractivity contribution in [2.24, 2.45) is 0 Å². The third-order valence-corrected chi connectivity index (χ3v) is 3.52. The highest BCUT2D eigenvalue weighted by Crippen LogP contribution is 2.30. The standard InChI is InChI=1S/C14H21ClN2O/c1-10-8-12(6-7-18-10)16-13-9-11(15)4-5-14(13)17(2)3/h4-5,9-10,12,16H,6-8H2,1-3H3. The van der Waals surface area contributed by atoms with Gasteiger partial charge in [0.25, 0.3) is 0 Å². The molecule has 1 aromatic carbocycles. The third-order valence-electron chi connectivity index (χ3n) is 3.29. The predicted molar refractivity (Wildman–Crippen MR) is 77.8 cm³/mol. The molecule has 18 heavy (non-hydrogen) atoms. The highest BCUT2D eigenvalue weighted by Gasteiger charge is 2.20. The fourth-order valence-electron chi connectivity index (χ4n) is 2.36. The van der Waals surface area contributed by atoms with Crippen LogP contribution in [0.25, 0.3) is 0 Å². The molecule has 1 aliphatic rings. The molecule has 0 aliphatic carbocycles. The van der Waals surface area contributed by atoms with Crippen LogP contribution in [0.3, 0.4) is 0 Å². The average Bonchev–Trinajstić information content (AvgIpc) is 2.28. The number of benzene rings is 1. The lowest BCUT2D eigenvalue weighted by Crippen LogP contribution is -2.32. The molecule has 1 fully saturated rings. The second-order valence-electron chi connectivity index (χ2n) is 5.10. The number of anilines is 2. The largest absolute Gasteiger partial charge is 0.380 e. The number of hydrogen-bond acceptors (Lipinski definition) is 3. The summed E-state index contributed by atoms with van der Waals surface area (Å²) >= 11 is 6.08. The van der Waals surface area contributed by atoms with Crippen LogP contribution in [0.4, 0.5) is 11.4 Å². The van der Waals surface area contributed by atoms with Gasteiger partial charge in [-0.05, 0) is 38.0 Å². The third kappa shape index (κ3) is 3.30. The fraction of sp³-hybridized carbons (Fsp3) is 0.571. The predicted octanol–water partition coefficient (Wildman–Crippen LogP) is 3.39. The number of halogens is 1. The molecule has 1 N–H and O–H groups in total. The van der Waals surface area contributed by atoms with Crippen LogP contribution in [0.1, 0.15) is 19.8 Å². The zero-order valence-corrected chi connectivity index (χ0v) is 12.0. The Bertz CT molecular complexity index is 409. The summed E-state index contributed by atoms with van der Waals surface area (Å²) < 4.78 is 5.57. The summed E-state index contributed by atoms with van der Waals surface area (Å²) in [7, 11) is 4.09. The molecule has 0 aromatic heterocycles. The van der Waals surface area contributed by atoms with Crippen molar-refractivity contribution in [3.63, 3.8) is 0 Å². The van der Waals surface area contributed by atoms with Gasteiger partial charge in [-0.15, -0.1) is 0 Å².